The van der Waals surface area contributed by atoms with Gasteiger partial charge in [-0.1, -0.05) is 20.8 Å². The van der Waals surface area contributed by atoms with Crippen LogP contribution in [0, 0.1) is 13.8 Å². The van der Waals surface area contributed by atoms with Crippen molar-refractivity contribution in [2.45, 2.75) is 84.0 Å². The molecule has 0 fully saturated rings. The summed E-state index contributed by atoms with van der Waals surface area (Å²) in [6.45, 7) is 10.1. The van der Waals surface area contributed by atoms with E-state index in [1.165, 1.54) is 7.11 Å². The standard InChI is InChI=1S/C33H36N4O5/c1-7-18-14(2)21-13-26-29(33(40)41)16(4)23(35-26)11-22-15(3)19(8-9-28(39)42-6)31(36-22)20-10-27(38)30-17(5)24(37-32(20)30)12-25(18)34-21/h11-15,18-19,35,37H,7-10H2,1-6H3,(H,40,41)/t14-,15+,18-,19+/m1/s1. The van der Waals surface area contributed by atoms with Crippen LogP contribution in [0.5, 0.6) is 0 Å². The molecule has 0 aromatic carbocycles. The molecule has 0 unspecified atom stereocenters. The van der Waals surface area contributed by atoms with E-state index in [0.29, 0.717) is 28.6 Å². The normalized spacial score (nSPS) is 21.1. The number of aromatic amines is 2. The minimum absolute atomic E-state index is 0.0549. The molecule has 9 nitrogen and oxygen atoms in total. The molecule has 2 aliphatic heterocycles. The first-order valence-corrected chi connectivity index (χ1v) is 14.6. The van der Waals surface area contributed by atoms with E-state index in [1.807, 2.05) is 25.1 Å². The highest BCUT2D eigenvalue weighted by Gasteiger charge is 2.36. The zero-order valence-electron chi connectivity index (χ0n) is 24.8. The van der Waals surface area contributed by atoms with Gasteiger partial charge >= 0.3 is 11.9 Å². The third-order valence-corrected chi connectivity index (χ3v) is 9.63. The zero-order chi connectivity index (χ0) is 30.0. The maximum atomic E-state index is 13.4. The van der Waals surface area contributed by atoms with E-state index < -0.39 is 5.97 Å². The van der Waals surface area contributed by atoms with Gasteiger partial charge in [0.05, 0.1) is 29.4 Å². The largest absolute Gasteiger partial charge is 0.478 e. The molecule has 1 aliphatic carbocycles. The molecular formula is C33H36N4O5. The molecule has 6 rings (SSSR count). The van der Waals surface area contributed by atoms with Crippen molar-refractivity contribution in [2.24, 2.45) is 0 Å². The number of hydrogen-bond donors (Lipinski definition) is 3. The molecule has 3 N–H and O–H groups in total. The van der Waals surface area contributed by atoms with Crippen molar-refractivity contribution < 1.29 is 24.2 Å². The molecule has 8 bridgehead atoms. The van der Waals surface area contributed by atoms with Crippen molar-refractivity contribution in [2.75, 3.05) is 7.11 Å². The van der Waals surface area contributed by atoms with E-state index >= 15 is 0 Å². The lowest BCUT2D eigenvalue weighted by Crippen LogP contribution is -2.09. The second-order valence-corrected chi connectivity index (χ2v) is 11.9. The van der Waals surface area contributed by atoms with Crippen LogP contribution in [-0.2, 0) is 16.0 Å². The Morgan fingerprint density at radius 3 is 2.29 bits per heavy atom. The van der Waals surface area contributed by atoms with Crippen LogP contribution in [0.4, 0.5) is 0 Å². The summed E-state index contributed by atoms with van der Waals surface area (Å²) in [6, 6.07) is 5.82. The highest BCUT2D eigenvalue weighted by Crippen LogP contribution is 2.45. The van der Waals surface area contributed by atoms with Crippen molar-refractivity contribution in [3.05, 3.63) is 68.8 Å². The number of H-pyrrole nitrogens is 2. The van der Waals surface area contributed by atoms with Crippen LogP contribution in [0.3, 0.4) is 0 Å². The van der Waals surface area contributed by atoms with Gasteiger partial charge in [-0.15, -0.1) is 0 Å². The van der Waals surface area contributed by atoms with Crippen LogP contribution in [0.2, 0.25) is 0 Å². The van der Waals surface area contributed by atoms with E-state index in [1.54, 1.807) is 6.92 Å². The molecular weight excluding hydrogens is 532 g/mol. The molecule has 0 spiro atoms. The molecule has 0 saturated heterocycles. The fraction of sp³-hybridized carbons (Fsp3) is 0.424. The van der Waals surface area contributed by atoms with Gasteiger partial charge in [0.1, 0.15) is 0 Å². The number of methoxy groups -OCH3 is 1. The van der Waals surface area contributed by atoms with Crippen molar-refractivity contribution in [3.8, 4) is 0 Å². The van der Waals surface area contributed by atoms with Gasteiger partial charge in [0.25, 0.3) is 0 Å². The highest BCUT2D eigenvalue weighted by molar-refractivity contribution is 6.13. The number of esters is 1. The van der Waals surface area contributed by atoms with E-state index in [0.717, 1.165) is 51.4 Å². The Bertz CT molecular complexity index is 1830. The van der Waals surface area contributed by atoms with Gasteiger partial charge in [0, 0.05) is 75.8 Å². The van der Waals surface area contributed by atoms with Crippen molar-refractivity contribution >= 4 is 39.8 Å². The number of carboxylic acid groups (broad SMARTS) is 1. The summed E-state index contributed by atoms with van der Waals surface area (Å²) < 4.78 is 4.93. The lowest BCUT2D eigenvalue weighted by molar-refractivity contribution is -0.140. The number of carbonyl (C=O) groups excluding carboxylic acids is 2. The Morgan fingerprint density at radius 1 is 0.952 bits per heavy atom. The van der Waals surface area contributed by atoms with Gasteiger partial charge in [-0.3, -0.25) is 19.6 Å². The van der Waals surface area contributed by atoms with Crippen LogP contribution in [0.1, 0.15) is 124 Å². The minimum Gasteiger partial charge on any atom is -0.478 e. The Hall–Kier alpha value is -4.27. The number of carbonyl (C=O) groups is 3. The topological polar surface area (TPSA) is 138 Å². The van der Waals surface area contributed by atoms with Crippen molar-refractivity contribution in [1.29, 1.82) is 0 Å². The Morgan fingerprint density at radius 2 is 1.60 bits per heavy atom. The third-order valence-electron chi connectivity index (χ3n) is 9.63. The smallest absolute Gasteiger partial charge is 0.338 e. The van der Waals surface area contributed by atoms with E-state index in [9.17, 15) is 19.5 Å². The third kappa shape index (κ3) is 4.25. The average molecular weight is 569 g/mol. The summed E-state index contributed by atoms with van der Waals surface area (Å²) in [5, 5.41) is 10.2. The molecule has 4 atom stereocenters. The average Bonchev–Trinajstić information content (AvgIpc) is 3.70. The molecule has 9 heteroatoms. The second-order valence-electron chi connectivity index (χ2n) is 11.9. The van der Waals surface area contributed by atoms with E-state index in [4.69, 9.17) is 14.7 Å². The number of fused-ring (bicyclic) bond motifs is 8. The van der Waals surface area contributed by atoms with Crippen LogP contribution in [0.25, 0.3) is 22.1 Å². The van der Waals surface area contributed by atoms with E-state index in [2.05, 4.69) is 30.7 Å². The Labute approximate surface area is 243 Å². The van der Waals surface area contributed by atoms with Crippen LogP contribution in [0.15, 0.2) is 18.2 Å². The first-order valence-electron chi connectivity index (χ1n) is 14.6. The van der Waals surface area contributed by atoms with Gasteiger partial charge in [-0.05, 0) is 56.0 Å². The summed E-state index contributed by atoms with van der Waals surface area (Å²) in [6.07, 6.45) is 1.86. The summed E-state index contributed by atoms with van der Waals surface area (Å²) in [5.74, 6) is -1.19. The monoisotopic (exact) mass is 568 g/mol. The molecule has 0 radical (unpaired) electrons. The zero-order valence-corrected chi connectivity index (χ0v) is 24.8. The molecule has 218 valence electrons. The first-order chi connectivity index (χ1) is 20.0. The number of nitrogens with zero attached hydrogens (tertiary/aromatic N) is 2. The predicted octanol–water partition coefficient (Wildman–Crippen LogP) is 6.51. The number of rotatable bonds is 5. The number of Topliss-reactive ketones (excluding diaryl/α,β-unsaturated/α-hetero) is 1. The summed E-state index contributed by atoms with van der Waals surface area (Å²) >= 11 is 0. The summed E-state index contributed by atoms with van der Waals surface area (Å²) in [4.78, 5) is 55.0. The number of hydrogen-bond acceptors (Lipinski definition) is 6. The van der Waals surface area contributed by atoms with Crippen LogP contribution >= 0.6 is 0 Å². The van der Waals surface area contributed by atoms with Crippen LogP contribution in [-0.4, -0.2) is 49.9 Å². The van der Waals surface area contributed by atoms with Gasteiger partial charge < -0.3 is 19.8 Å². The van der Waals surface area contributed by atoms with E-state index in [-0.39, 0.29) is 53.8 Å². The van der Waals surface area contributed by atoms with Gasteiger partial charge in [0.2, 0.25) is 0 Å². The predicted molar refractivity (Wildman–Crippen MR) is 159 cm³/mol. The quantitative estimate of drug-likeness (QED) is 0.298. The maximum Gasteiger partial charge on any atom is 0.338 e. The highest BCUT2D eigenvalue weighted by atomic mass is 16.5. The fourth-order valence-electron chi connectivity index (χ4n) is 7.14. The number of nitrogens with one attached hydrogen (secondary N) is 2. The second kappa shape index (κ2) is 10.2. The first kappa shape index (κ1) is 27.9. The molecule has 0 saturated carbocycles. The number of ketones is 1. The summed E-state index contributed by atoms with van der Waals surface area (Å²) in [7, 11) is 1.38. The molecule has 3 aromatic heterocycles. The number of aromatic nitrogens is 4. The number of aryl methyl sites for hydroxylation is 2. The minimum atomic E-state index is -1.01. The van der Waals surface area contributed by atoms with Crippen molar-refractivity contribution in [3.63, 3.8) is 0 Å². The number of aromatic carboxylic acids is 1. The Balaban J connectivity index is 1.74. The number of ether oxygens (including phenoxy) is 1. The maximum absolute atomic E-state index is 13.4. The van der Waals surface area contributed by atoms with Crippen molar-refractivity contribution in [1.82, 2.24) is 19.9 Å². The Kier molecular flexibility index (Phi) is 6.78. The lowest BCUT2D eigenvalue weighted by atomic mass is 9.85. The van der Waals surface area contributed by atoms with Gasteiger partial charge in [-0.2, -0.15) is 0 Å². The summed E-state index contributed by atoms with van der Waals surface area (Å²) in [5.41, 5.74) is 9.42. The molecule has 42 heavy (non-hydrogen) atoms. The molecule has 0 amide bonds. The molecule has 5 heterocycles. The molecule has 3 aromatic rings. The van der Waals surface area contributed by atoms with Crippen LogP contribution < -0.4 is 0 Å². The number of carboxylic acids is 1. The SMILES string of the molecule is CC[C@H]1c2cc3[nH]c4c(c5nc(cc6[nH]c(cc(n2)[C@@H]1C)c(C(=O)O)c6C)[C@@H](C)[C@@H]5CCC(=O)OC)CC(=O)c4c3C. The fourth-order valence-corrected chi connectivity index (χ4v) is 7.14. The lowest BCUT2D eigenvalue weighted by Gasteiger charge is -2.16. The van der Waals surface area contributed by atoms with Gasteiger partial charge in [0.15, 0.2) is 5.78 Å². The molecule has 3 aliphatic rings. The van der Waals surface area contributed by atoms with Gasteiger partial charge in [-0.25, -0.2) is 4.79 Å².